The monoisotopic (exact) mass is 285 g/mol. The van der Waals surface area contributed by atoms with Gasteiger partial charge in [-0.2, -0.15) is 0 Å². The van der Waals surface area contributed by atoms with Crippen molar-refractivity contribution in [1.29, 1.82) is 0 Å². The van der Waals surface area contributed by atoms with E-state index >= 15 is 0 Å². The molecule has 0 amide bonds. The first-order valence-corrected chi connectivity index (χ1v) is 6.55. The molecule has 0 aliphatic carbocycles. The molecule has 0 spiro atoms. The quantitative estimate of drug-likeness (QED) is 0.795. The fourth-order valence-corrected chi connectivity index (χ4v) is 2.92. The van der Waals surface area contributed by atoms with Crippen LogP contribution in [0.1, 0.15) is 11.1 Å². The minimum atomic E-state index is -3.41. The van der Waals surface area contributed by atoms with Crippen LogP contribution in [0.5, 0.6) is 0 Å². The molecule has 0 fully saturated rings. The number of benzene rings is 1. The Hall–Kier alpha value is -0.940. The topological polar surface area (TPSA) is 46.5 Å². The third-order valence-electron chi connectivity index (χ3n) is 2.06. The van der Waals surface area contributed by atoms with Gasteiger partial charge in [-0.25, -0.2) is 13.4 Å². The lowest BCUT2D eigenvalue weighted by Crippen LogP contribution is -2.12. The fourth-order valence-electron chi connectivity index (χ4n) is 1.35. The smallest absolute Gasteiger partial charge is 0.232 e. The van der Waals surface area contributed by atoms with Crippen molar-refractivity contribution in [3.63, 3.8) is 0 Å². The van der Waals surface area contributed by atoms with Crippen LogP contribution < -0.4 is 0 Å². The highest BCUT2D eigenvalue weighted by Crippen LogP contribution is 2.26. The molecule has 1 aliphatic rings. The molecule has 78 valence electrons. The number of hydrogen-bond donors (Lipinski definition) is 0. The van der Waals surface area contributed by atoms with Gasteiger partial charge in [0.05, 0.1) is 6.20 Å². The van der Waals surface area contributed by atoms with Gasteiger partial charge < -0.3 is 0 Å². The first-order valence-electron chi connectivity index (χ1n) is 4.27. The summed E-state index contributed by atoms with van der Waals surface area (Å²) in [4.78, 5) is 3.90. The summed E-state index contributed by atoms with van der Waals surface area (Å²) in [6.45, 7) is 1.91. The standard InChI is InChI=1S/C10H8BrNO2S/c1-7-3-2-4-8(5-7)10-12-6-9(11)15(10,13)14/h2-6H,1H3. The van der Waals surface area contributed by atoms with Crippen molar-refractivity contribution in [2.75, 3.05) is 0 Å². The minimum Gasteiger partial charge on any atom is -0.242 e. The van der Waals surface area contributed by atoms with Crippen LogP contribution >= 0.6 is 15.9 Å². The first-order chi connectivity index (χ1) is 7.01. The molecule has 15 heavy (non-hydrogen) atoms. The molecule has 0 bridgehead atoms. The Morgan fingerprint density at radius 2 is 2.07 bits per heavy atom. The van der Waals surface area contributed by atoms with Crippen LogP contribution in [-0.2, 0) is 9.84 Å². The van der Waals surface area contributed by atoms with Gasteiger partial charge in [-0.1, -0.05) is 23.8 Å². The zero-order valence-corrected chi connectivity index (χ0v) is 10.3. The SMILES string of the molecule is Cc1cccc(C2=NC=C(Br)S2(=O)=O)c1. The summed E-state index contributed by atoms with van der Waals surface area (Å²) in [7, 11) is -3.41. The third kappa shape index (κ3) is 1.77. The van der Waals surface area contributed by atoms with E-state index in [4.69, 9.17) is 0 Å². The Bertz CT molecular complexity index is 573. The normalized spacial score (nSPS) is 18.5. The van der Waals surface area contributed by atoms with Crippen LogP contribution in [0.25, 0.3) is 0 Å². The first kappa shape index (κ1) is 10.6. The van der Waals surface area contributed by atoms with E-state index in [2.05, 4.69) is 20.9 Å². The summed E-state index contributed by atoms with van der Waals surface area (Å²) in [5.41, 5.74) is 1.63. The zero-order valence-electron chi connectivity index (χ0n) is 7.94. The van der Waals surface area contributed by atoms with Crippen LogP contribution in [0, 0.1) is 6.92 Å². The molecule has 0 unspecified atom stereocenters. The fraction of sp³-hybridized carbons (Fsp3) is 0.100. The highest BCUT2D eigenvalue weighted by Gasteiger charge is 2.28. The highest BCUT2D eigenvalue weighted by molar-refractivity contribution is 9.14. The van der Waals surface area contributed by atoms with Gasteiger partial charge >= 0.3 is 0 Å². The summed E-state index contributed by atoms with van der Waals surface area (Å²) < 4.78 is 23.6. The summed E-state index contributed by atoms with van der Waals surface area (Å²) in [5.74, 6) is 0. The number of rotatable bonds is 1. The molecule has 0 atom stereocenters. The molecule has 2 rings (SSSR count). The molecule has 0 saturated carbocycles. The van der Waals surface area contributed by atoms with E-state index in [-0.39, 0.29) is 8.86 Å². The lowest BCUT2D eigenvalue weighted by atomic mass is 10.1. The summed E-state index contributed by atoms with van der Waals surface area (Å²) in [5, 5.41) is 0.109. The van der Waals surface area contributed by atoms with E-state index in [1.54, 1.807) is 12.1 Å². The second kappa shape index (κ2) is 3.57. The number of aryl methyl sites for hydroxylation is 1. The second-order valence-electron chi connectivity index (χ2n) is 3.24. The molecule has 1 heterocycles. The lowest BCUT2D eigenvalue weighted by molar-refractivity contribution is 0.615. The van der Waals surface area contributed by atoms with Crippen molar-refractivity contribution in [2.24, 2.45) is 4.99 Å². The molecule has 3 nitrogen and oxygen atoms in total. The Kier molecular flexibility index (Phi) is 2.52. The zero-order chi connectivity index (χ0) is 11.1. The van der Waals surface area contributed by atoms with Crippen LogP contribution in [0.4, 0.5) is 0 Å². The maximum Gasteiger partial charge on any atom is 0.232 e. The van der Waals surface area contributed by atoms with Crippen LogP contribution in [0.2, 0.25) is 0 Å². The maximum atomic E-state index is 11.8. The van der Waals surface area contributed by atoms with E-state index < -0.39 is 9.84 Å². The number of halogens is 1. The summed E-state index contributed by atoms with van der Waals surface area (Å²) in [6, 6.07) is 7.27. The van der Waals surface area contributed by atoms with Crippen molar-refractivity contribution in [2.45, 2.75) is 6.92 Å². The van der Waals surface area contributed by atoms with Gasteiger partial charge in [0.15, 0.2) is 5.04 Å². The molecule has 0 aromatic heterocycles. The molecule has 1 aromatic carbocycles. The van der Waals surface area contributed by atoms with E-state index in [0.717, 1.165) is 5.56 Å². The van der Waals surface area contributed by atoms with Crippen LogP contribution in [0.15, 0.2) is 39.3 Å². The molecule has 0 radical (unpaired) electrons. The molecular formula is C10H8BrNO2S. The molecule has 1 aliphatic heterocycles. The predicted molar refractivity (Wildman–Crippen MR) is 63.6 cm³/mol. The van der Waals surface area contributed by atoms with Crippen molar-refractivity contribution < 1.29 is 8.42 Å². The lowest BCUT2D eigenvalue weighted by Gasteiger charge is -2.02. The van der Waals surface area contributed by atoms with E-state index in [1.807, 2.05) is 19.1 Å². The van der Waals surface area contributed by atoms with Crippen molar-refractivity contribution >= 4 is 30.8 Å². The van der Waals surface area contributed by atoms with Gasteiger partial charge in [-0.05, 0) is 28.9 Å². The van der Waals surface area contributed by atoms with Gasteiger partial charge in [0.1, 0.15) is 3.81 Å². The van der Waals surface area contributed by atoms with Crippen molar-refractivity contribution in [1.82, 2.24) is 0 Å². The van der Waals surface area contributed by atoms with E-state index in [1.165, 1.54) is 6.20 Å². The number of hydrogen-bond acceptors (Lipinski definition) is 3. The summed E-state index contributed by atoms with van der Waals surface area (Å²) in [6.07, 6.45) is 1.31. The van der Waals surface area contributed by atoms with Gasteiger partial charge in [-0.3, -0.25) is 0 Å². The van der Waals surface area contributed by atoms with Crippen molar-refractivity contribution in [3.8, 4) is 0 Å². The Balaban J connectivity index is 2.54. The largest absolute Gasteiger partial charge is 0.242 e. The molecule has 0 N–H and O–H groups in total. The Labute approximate surface area is 96.6 Å². The van der Waals surface area contributed by atoms with Gasteiger partial charge in [0, 0.05) is 5.56 Å². The molecule has 1 aromatic rings. The molecular weight excluding hydrogens is 278 g/mol. The number of aliphatic imine (C=N–C) groups is 1. The Morgan fingerprint density at radius 1 is 1.33 bits per heavy atom. The average molecular weight is 286 g/mol. The third-order valence-corrected chi connectivity index (χ3v) is 5.01. The van der Waals surface area contributed by atoms with Gasteiger partial charge in [0.25, 0.3) is 0 Å². The second-order valence-corrected chi connectivity index (χ2v) is 6.45. The van der Waals surface area contributed by atoms with Crippen LogP contribution in [-0.4, -0.2) is 13.5 Å². The number of nitrogens with zero attached hydrogens (tertiary/aromatic N) is 1. The average Bonchev–Trinajstić information content (AvgIpc) is 2.42. The Morgan fingerprint density at radius 3 is 2.60 bits per heavy atom. The van der Waals surface area contributed by atoms with Crippen LogP contribution in [0.3, 0.4) is 0 Å². The van der Waals surface area contributed by atoms with E-state index in [0.29, 0.717) is 5.56 Å². The van der Waals surface area contributed by atoms with Gasteiger partial charge in [-0.15, -0.1) is 0 Å². The summed E-state index contributed by atoms with van der Waals surface area (Å²) >= 11 is 2.97. The highest BCUT2D eigenvalue weighted by atomic mass is 79.9. The van der Waals surface area contributed by atoms with Gasteiger partial charge in [0.2, 0.25) is 9.84 Å². The maximum absolute atomic E-state index is 11.8. The van der Waals surface area contributed by atoms with Crippen molar-refractivity contribution in [3.05, 3.63) is 45.4 Å². The molecule has 0 saturated heterocycles. The predicted octanol–water partition coefficient (Wildman–Crippen LogP) is 2.36. The molecule has 5 heteroatoms. The van der Waals surface area contributed by atoms with E-state index in [9.17, 15) is 8.42 Å². The number of sulfone groups is 1. The minimum absolute atomic E-state index is 0.109.